The number of hydrogen-bond donors (Lipinski definition) is 1. The van der Waals surface area contributed by atoms with Crippen molar-refractivity contribution in [3.05, 3.63) is 71.0 Å². The Morgan fingerprint density at radius 3 is 2.56 bits per heavy atom. The molecule has 0 amide bonds. The molecule has 3 aromatic rings. The van der Waals surface area contributed by atoms with Crippen LogP contribution in [0.1, 0.15) is 11.4 Å². The predicted octanol–water partition coefficient (Wildman–Crippen LogP) is 4.21. The van der Waals surface area contributed by atoms with Gasteiger partial charge in [0.15, 0.2) is 11.0 Å². The highest BCUT2D eigenvalue weighted by Crippen LogP contribution is 2.20. The Kier molecular flexibility index (Phi) is 5.94. The van der Waals surface area contributed by atoms with Crippen LogP contribution in [0.3, 0.4) is 0 Å². The number of hydrogen-bond acceptors (Lipinski definition) is 5. The molecule has 0 atom stereocenters. The minimum atomic E-state index is 0.345. The van der Waals surface area contributed by atoms with Gasteiger partial charge in [0.1, 0.15) is 0 Å². The molecular weight excluding hydrogens is 354 g/mol. The number of rotatable bonds is 7. The predicted molar refractivity (Wildman–Crippen MR) is 101 cm³/mol. The number of halogens is 1. The molecule has 1 aromatic heterocycles. The third-order valence-corrected chi connectivity index (χ3v) is 4.62. The van der Waals surface area contributed by atoms with Crippen LogP contribution in [0.2, 0.25) is 5.02 Å². The first-order chi connectivity index (χ1) is 12.3. The Hall–Kier alpha value is -2.49. The van der Waals surface area contributed by atoms with E-state index >= 15 is 0 Å². The summed E-state index contributed by atoms with van der Waals surface area (Å²) in [6.45, 7) is 1.20. The molecule has 7 heteroatoms. The van der Waals surface area contributed by atoms with Gasteiger partial charge in [-0.25, -0.2) is 0 Å². The summed E-state index contributed by atoms with van der Waals surface area (Å²) in [7, 11) is 0. The van der Waals surface area contributed by atoms with Crippen LogP contribution in [-0.4, -0.2) is 20.5 Å². The van der Waals surface area contributed by atoms with Crippen LogP contribution < -0.4 is 5.32 Å². The minimum Gasteiger partial charge on any atom is -0.378 e. The molecule has 3 rings (SSSR count). The fourth-order valence-corrected chi connectivity index (χ4v) is 3.07. The molecule has 0 bridgehead atoms. The summed E-state index contributed by atoms with van der Waals surface area (Å²) in [6.07, 6.45) is 0. The number of thioether (sulfide) groups is 1. The first-order valence-electron chi connectivity index (χ1n) is 7.71. The average molecular weight is 370 g/mol. The second-order valence-corrected chi connectivity index (χ2v) is 6.66. The van der Waals surface area contributed by atoms with Crippen molar-refractivity contribution in [1.82, 2.24) is 14.8 Å². The average Bonchev–Trinajstić information content (AvgIpc) is 3.02. The van der Waals surface area contributed by atoms with Gasteiger partial charge in [-0.2, -0.15) is 5.26 Å². The molecule has 0 radical (unpaired) electrons. The molecule has 0 saturated carbocycles. The lowest BCUT2D eigenvalue weighted by atomic mass is 10.2. The molecule has 1 heterocycles. The zero-order valence-corrected chi connectivity index (χ0v) is 15.0. The molecule has 5 nitrogen and oxygen atoms in total. The first kappa shape index (κ1) is 17.3. The number of nitrogens with one attached hydrogen (secondary N) is 1. The lowest BCUT2D eigenvalue weighted by molar-refractivity contribution is 0.673. The zero-order valence-electron chi connectivity index (χ0n) is 13.4. The fraction of sp³-hybridized carbons (Fsp3) is 0.167. The van der Waals surface area contributed by atoms with Crippen LogP contribution in [0.4, 0.5) is 5.69 Å². The summed E-state index contributed by atoms with van der Waals surface area (Å²) in [5, 5.41) is 22.1. The van der Waals surface area contributed by atoms with E-state index in [2.05, 4.69) is 33.7 Å². The Morgan fingerprint density at radius 2 is 1.84 bits per heavy atom. The van der Waals surface area contributed by atoms with Crippen LogP contribution in [0.5, 0.6) is 0 Å². The van der Waals surface area contributed by atoms with E-state index in [4.69, 9.17) is 16.9 Å². The van der Waals surface area contributed by atoms with Gasteiger partial charge in [0.25, 0.3) is 0 Å². The monoisotopic (exact) mass is 369 g/mol. The van der Waals surface area contributed by atoms with Crippen molar-refractivity contribution in [3.8, 4) is 6.07 Å². The lowest BCUT2D eigenvalue weighted by Crippen LogP contribution is -2.11. The van der Waals surface area contributed by atoms with Gasteiger partial charge in [0, 0.05) is 10.7 Å². The Bertz CT molecular complexity index is 855. The van der Waals surface area contributed by atoms with Gasteiger partial charge in [0.05, 0.1) is 24.9 Å². The van der Waals surface area contributed by atoms with Crippen molar-refractivity contribution in [1.29, 1.82) is 5.26 Å². The molecule has 126 valence electrons. The first-order valence-corrected chi connectivity index (χ1v) is 9.08. The van der Waals surface area contributed by atoms with Crippen molar-refractivity contribution in [3.63, 3.8) is 0 Å². The highest BCUT2D eigenvalue weighted by Gasteiger charge is 2.13. The highest BCUT2D eigenvalue weighted by molar-refractivity contribution is 7.99. The molecular formula is C18H16ClN5S. The number of anilines is 1. The molecule has 0 saturated heterocycles. The smallest absolute Gasteiger partial charge is 0.192 e. The van der Waals surface area contributed by atoms with E-state index in [1.165, 1.54) is 11.8 Å². The van der Waals surface area contributed by atoms with Crippen LogP contribution in [0, 0.1) is 11.3 Å². The fourth-order valence-electron chi connectivity index (χ4n) is 2.33. The summed E-state index contributed by atoms with van der Waals surface area (Å²) < 4.78 is 2.04. The molecule has 0 aliphatic rings. The van der Waals surface area contributed by atoms with Gasteiger partial charge >= 0.3 is 0 Å². The Morgan fingerprint density at radius 1 is 1.08 bits per heavy atom. The largest absolute Gasteiger partial charge is 0.378 e. The SMILES string of the molecule is N#CCSc1nnc(CNc2ccc(Cl)cc2)n1Cc1ccccc1. The third-order valence-electron chi connectivity index (χ3n) is 3.54. The van der Waals surface area contributed by atoms with E-state index in [1.54, 1.807) is 0 Å². The molecule has 0 fully saturated rings. The molecule has 0 spiro atoms. The van der Waals surface area contributed by atoms with E-state index in [9.17, 15) is 0 Å². The standard InChI is InChI=1S/C18H16ClN5S/c19-15-6-8-16(9-7-15)21-12-17-22-23-18(25-11-10-20)24(17)13-14-4-2-1-3-5-14/h1-9,21H,11-13H2. The van der Waals surface area contributed by atoms with Crippen LogP contribution >= 0.6 is 23.4 Å². The Balaban J connectivity index is 1.78. The van der Waals surface area contributed by atoms with Crippen LogP contribution in [0.15, 0.2) is 59.8 Å². The van der Waals surface area contributed by atoms with Crippen molar-refractivity contribution in [2.45, 2.75) is 18.2 Å². The van der Waals surface area contributed by atoms with E-state index in [0.29, 0.717) is 23.9 Å². The molecule has 2 aromatic carbocycles. The maximum absolute atomic E-state index is 8.84. The van der Waals surface area contributed by atoms with Crippen molar-refractivity contribution in [2.24, 2.45) is 0 Å². The molecule has 25 heavy (non-hydrogen) atoms. The van der Waals surface area contributed by atoms with Crippen molar-refractivity contribution < 1.29 is 0 Å². The second-order valence-electron chi connectivity index (χ2n) is 5.28. The van der Waals surface area contributed by atoms with E-state index in [0.717, 1.165) is 22.2 Å². The van der Waals surface area contributed by atoms with Crippen LogP contribution in [-0.2, 0) is 13.1 Å². The highest BCUT2D eigenvalue weighted by atomic mass is 35.5. The third kappa shape index (κ3) is 4.75. The van der Waals surface area contributed by atoms with E-state index in [1.807, 2.05) is 47.0 Å². The number of aromatic nitrogens is 3. The second kappa shape index (κ2) is 8.56. The van der Waals surface area contributed by atoms with Crippen molar-refractivity contribution >= 4 is 29.1 Å². The minimum absolute atomic E-state index is 0.345. The summed E-state index contributed by atoms with van der Waals surface area (Å²) >= 11 is 7.31. The zero-order chi connectivity index (χ0) is 17.5. The summed E-state index contributed by atoms with van der Waals surface area (Å²) in [5.74, 6) is 1.16. The van der Waals surface area contributed by atoms with Gasteiger partial charge in [0.2, 0.25) is 0 Å². The molecule has 0 aliphatic heterocycles. The van der Waals surface area contributed by atoms with E-state index < -0.39 is 0 Å². The number of benzene rings is 2. The lowest BCUT2D eigenvalue weighted by Gasteiger charge is -2.11. The number of nitrogens with zero attached hydrogens (tertiary/aromatic N) is 4. The summed E-state index contributed by atoms with van der Waals surface area (Å²) in [6, 6.07) is 19.8. The molecule has 1 N–H and O–H groups in total. The quantitative estimate of drug-likeness (QED) is 0.632. The topological polar surface area (TPSA) is 66.5 Å². The van der Waals surface area contributed by atoms with E-state index in [-0.39, 0.29) is 0 Å². The van der Waals surface area contributed by atoms with Crippen molar-refractivity contribution in [2.75, 3.05) is 11.1 Å². The van der Waals surface area contributed by atoms with Crippen LogP contribution in [0.25, 0.3) is 0 Å². The van der Waals surface area contributed by atoms with Gasteiger partial charge in [-0.15, -0.1) is 10.2 Å². The normalized spacial score (nSPS) is 10.4. The van der Waals surface area contributed by atoms with Gasteiger partial charge in [-0.3, -0.25) is 0 Å². The Labute approximate surface area is 155 Å². The summed E-state index contributed by atoms with van der Waals surface area (Å²) in [4.78, 5) is 0. The molecule has 0 aliphatic carbocycles. The van der Waals surface area contributed by atoms with Gasteiger partial charge in [-0.1, -0.05) is 53.7 Å². The van der Waals surface area contributed by atoms with Gasteiger partial charge in [-0.05, 0) is 29.8 Å². The summed E-state index contributed by atoms with van der Waals surface area (Å²) in [5.41, 5.74) is 2.12. The maximum Gasteiger partial charge on any atom is 0.192 e. The number of nitriles is 1. The maximum atomic E-state index is 8.84. The van der Waals surface area contributed by atoms with Gasteiger partial charge < -0.3 is 9.88 Å². The molecule has 0 unspecified atom stereocenters.